The Morgan fingerprint density at radius 1 is 0.812 bits per heavy atom. The summed E-state index contributed by atoms with van der Waals surface area (Å²) in [6.07, 6.45) is 4.08. The van der Waals surface area contributed by atoms with Crippen LogP contribution in [-0.2, 0) is 0 Å². The number of benzene rings is 3. The minimum absolute atomic E-state index is 0.000185. The molecule has 5 rings (SSSR count). The first-order valence-electron chi connectivity index (χ1n) is 11.6. The molecule has 0 spiro atoms. The summed E-state index contributed by atoms with van der Waals surface area (Å²) in [5.41, 5.74) is 9.03. The predicted molar refractivity (Wildman–Crippen MR) is 136 cm³/mol. The summed E-state index contributed by atoms with van der Waals surface area (Å²) >= 11 is 0. The molecule has 1 aromatic heterocycles. The first-order valence-corrected chi connectivity index (χ1v) is 11.6. The number of para-hydroxylation sites is 1. The van der Waals surface area contributed by atoms with Crippen LogP contribution in [0.3, 0.4) is 0 Å². The van der Waals surface area contributed by atoms with E-state index in [9.17, 15) is 0 Å². The van der Waals surface area contributed by atoms with E-state index in [0.717, 1.165) is 5.82 Å². The Bertz CT molecular complexity index is 1230. The molecule has 0 aliphatic carbocycles. The van der Waals surface area contributed by atoms with Crippen LogP contribution in [0.4, 0.5) is 11.4 Å². The lowest BCUT2D eigenvalue weighted by molar-refractivity contribution is 0.842. The molecule has 160 valence electrons. The standard InChI is InChI=1S/C28H30BN3/c1-19(2)23-12-9-13-24(20(3)4)27(23)29-31-17-16-30-28(31)25-15-14-21(5)18-26(25)32(29)22-10-7-6-8-11-22/h6-20H,1-5H3. The van der Waals surface area contributed by atoms with Crippen molar-refractivity contribution in [1.29, 1.82) is 0 Å². The Balaban J connectivity index is 1.88. The molecule has 32 heavy (non-hydrogen) atoms. The minimum Gasteiger partial charge on any atom is -0.361 e. The summed E-state index contributed by atoms with van der Waals surface area (Å²) in [5.74, 6) is 1.88. The van der Waals surface area contributed by atoms with Crippen LogP contribution >= 0.6 is 0 Å². The van der Waals surface area contributed by atoms with Gasteiger partial charge in [-0.15, -0.1) is 0 Å². The predicted octanol–water partition coefficient (Wildman–Crippen LogP) is 6.50. The third-order valence-electron chi connectivity index (χ3n) is 6.54. The SMILES string of the molecule is Cc1ccc2c(c1)N(c1ccccc1)B(c1c(C(C)C)cccc1C(C)C)n1ccnc1-2. The van der Waals surface area contributed by atoms with Gasteiger partial charge < -0.3 is 9.29 Å². The van der Waals surface area contributed by atoms with Crippen LogP contribution in [0, 0.1) is 6.92 Å². The van der Waals surface area contributed by atoms with E-state index in [2.05, 4.69) is 117 Å². The second-order valence-electron chi connectivity index (χ2n) is 9.42. The Morgan fingerprint density at radius 3 is 2.16 bits per heavy atom. The van der Waals surface area contributed by atoms with Crippen LogP contribution in [0.5, 0.6) is 0 Å². The van der Waals surface area contributed by atoms with Crippen molar-refractivity contribution in [2.75, 3.05) is 4.81 Å². The van der Waals surface area contributed by atoms with Gasteiger partial charge in [-0.25, -0.2) is 4.98 Å². The summed E-state index contributed by atoms with van der Waals surface area (Å²) in [5, 5.41) is 0. The maximum atomic E-state index is 4.82. The Hall–Kier alpha value is -3.27. The lowest BCUT2D eigenvalue weighted by Crippen LogP contribution is -2.56. The highest BCUT2D eigenvalue weighted by molar-refractivity contribution is 6.78. The topological polar surface area (TPSA) is 21.1 Å². The number of rotatable bonds is 4. The van der Waals surface area contributed by atoms with Crippen LogP contribution in [0.2, 0.25) is 0 Å². The summed E-state index contributed by atoms with van der Waals surface area (Å²) in [6, 6.07) is 24.3. The smallest absolute Gasteiger partial charge is 0.361 e. The molecule has 0 saturated carbocycles. The fourth-order valence-corrected chi connectivity index (χ4v) is 5.05. The molecule has 3 aromatic carbocycles. The number of aromatic nitrogens is 2. The molecule has 4 aromatic rings. The molecule has 0 amide bonds. The van der Waals surface area contributed by atoms with E-state index in [1.165, 1.54) is 39.1 Å². The Labute approximate surface area is 191 Å². The zero-order chi connectivity index (χ0) is 22.4. The van der Waals surface area contributed by atoms with E-state index >= 15 is 0 Å². The minimum atomic E-state index is 0.000185. The van der Waals surface area contributed by atoms with Gasteiger partial charge in [-0.05, 0) is 65.2 Å². The highest BCUT2D eigenvalue weighted by Gasteiger charge is 2.41. The number of hydrogen-bond donors (Lipinski definition) is 0. The van der Waals surface area contributed by atoms with E-state index < -0.39 is 0 Å². The van der Waals surface area contributed by atoms with Crippen molar-refractivity contribution in [1.82, 2.24) is 9.46 Å². The zero-order valence-electron chi connectivity index (χ0n) is 19.6. The average Bonchev–Trinajstić information content (AvgIpc) is 3.27. The molecule has 2 heterocycles. The average molecular weight is 419 g/mol. The number of nitrogens with zero attached hydrogens (tertiary/aromatic N) is 3. The Kier molecular flexibility index (Phi) is 5.17. The van der Waals surface area contributed by atoms with Crippen molar-refractivity contribution >= 4 is 23.8 Å². The van der Waals surface area contributed by atoms with Crippen LogP contribution in [0.25, 0.3) is 11.4 Å². The van der Waals surface area contributed by atoms with Gasteiger partial charge >= 0.3 is 6.98 Å². The van der Waals surface area contributed by atoms with Gasteiger partial charge in [-0.3, -0.25) is 0 Å². The first-order chi connectivity index (χ1) is 15.5. The van der Waals surface area contributed by atoms with Crippen molar-refractivity contribution in [3.05, 3.63) is 95.8 Å². The zero-order valence-corrected chi connectivity index (χ0v) is 19.6. The number of imidazole rings is 1. The quantitative estimate of drug-likeness (QED) is 0.352. The Morgan fingerprint density at radius 2 is 1.50 bits per heavy atom. The molecule has 0 radical (unpaired) electrons. The lowest BCUT2D eigenvalue weighted by atomic mass is 9.57. The third kappa shape index (κ3) is 3.26. The third-order valence-corrected chi connectivity index (χ3v) is 6.54. The molecule has 0 unspecified atom stereocenters. The molecule has 0 N–H and O–H groups in total. The fourth-order valence-electron chi connectivity index (χ4n) is 5.05. The van der Waals surface area contributed by atoms with Crippen LogP contribution in [-0.4, -0.2) is 16.4 Å². The molecule has 0 atom stereocenters. The van der Waals surface area contributed by atoms with Crippen molar-refractivity contribution < 1.29 is 0 Å². The van der Waals surface area contributed by atoms with E-state index in [0.29, 0.717) is 11.8 Å². The molecular weight excluding hydrogens is 389 g/mol. The van der Waals surface area contributed by atoms with Crippen molar-refractivity contribution in [3.8, 4) is 11.4 Å². The molecular formula is C28H30BN3. The second-order valence-corrected chi connectivity index (χ2v) is 9.42. The molecule has 1 aliphatic heterocycles. The van der Waals surface area contributed by atoms with Gasteiger partial charge in [0.05, 0.1) is 0 Å². The summed E-state index contributed by atoms with van der Waals surface area (Å²) in [4.78, 5) is 7.32. The molecule has 1 aliphatic rings. The van der Waals surface area contributed by atoms with E-state index in [1.54, 1.807) is 0 Å². The van der Waals surface area contributed by atoms with Gasteiger partial charge in [-0.1, -0.05) is 70.2 Å². The highest BCUT2D eigenvalue weighted by atomic mass is 15.2. The molecule has 3 nitrogen and oxygen atoms in total. The van der Waals surface area contributed by atoms with Crippen molar-refractivity contribution in [3.63, 3.8) is 0 Å². The number of hydrogen-bond acceptors (Lipinski definition) is 2. The largest absolute Gasteiger partial charge is 0.422 e. The normalized spacial score (nSPS) is 13.0. The molecule has 0 saturated heterocycles. The monoisotopic (exact) mass is 419 g/mol. The number of anilines is 2. The maximum absolute atomic E-state index is 4.82. The fraction of sp³-hybridized carbons (Fsp3) is 0.250. The van der Waals surface area contributed by atoms with E-state index in [4.69, 9.17) is 4.98 Å². The van der Waals surface area contributed by atoms with Crippen LogP contribution in [0.15, 0.2) is 79.1 Å². The van der Waals surface area contributed by atoms with Crippen LogP contribution in [0.1, 0.15) is 56.2 Å². The van der Waals surface area contributed by atoms with Crippen molar-refractivity contribution in [2.24, 2.45) is 0 Å². The van der Waals surface area contributed by atoms with Gasteiger partial charge in [0.2, 0.25) is 0 Å². The van der Waals surface area contributed by atoms with Crippen molar-refractivity contribution in [2.45, 2.75) is 46.5 Å². The molecule has 0 bridgehead atoms. The van der Waals surface area contributed by atoms with Crippen LogP contribution < -0.4 is 10.3 Å². The molecule has 0 fully saturated rings. The maximum Gasteiger partial charge on any atom is 0.422 e. The van der Waals surface area contributed by atoms with Gasteiger partial charge in [0.25, 0.3) is 0 Å². The summed E-state index contributed by atoms with van der Waals surface area (Å²) in [6.45, 7) is 11.4. The number of aryl methyl sites for hydroxylation is 1. The number of fused-ring (bicyclic) bond motifs is 3. The van der Waals surface area contributed by atoms with Gasteiger partial charge in [0.15, 0.2) is 0 Å². The first kappa shape index (κ1) is 20.6. The van der Waals surface area contributed by atoms with Gasteiger partial charge in [0, 0.05) is 29.3 Å². The molecule has 4 heteroatoms. The summed E-state index contributed by atoms with van der Waals surface area (Å²) < 4.78 is 2.36. The summed E-state index contributed by atoms with van der Waals surface area (Å²) in [7, 11) is 0. The van der Waals surface area contributed by atoms with Gasteiger partial charge in [-0.2, -0.15) is 0 Å². The lowest BCUT2D eigenvalue weighted by Gasteiger charge is -2.40. The van der Waals surface area contributed by atoms with Gasteiger partial charge in [0.1, 0.15) is 5.82 Å². The highest BCUT2D eigenvalue weighted by Crippen LogP contribution is 2.41. The van der Waals surface area contributed by atoms with E-state index in [1.807, 2.05) is 6.20 Å². The second kappa shape index (κ2) is 8.01. The van der Waals surface area contributed by atoms with E-state index in [-0.39, 0.29) is 6.98 Å².